The summed E-state index contributed by atoms with van der Waals surface area (Å²) >= 11 is 0. The molecular formula is C16H24ClNO2. The maximum Gasteiger partial charge on any atom is 0.306 e. The van der Waals surface area contributed by atoms with Crippen LogP contribution in [0, 0.1) is 5.92 Å². The fraction of sp³-hybridized carbons (Fsp3) is 0.562. The van der Waals surface area contributed by atoms with Gasteiger partial charge < -0.3 is 10.1 Å². The standard InChI is InChI=1S/C16H23NO2.ClH/c1-2-19-16(18)12-15(13-6-4-3-5-7-13)14-8-10-17-11-9-14;/h3-7,14-15,17H,2,8-12H2,1H3;1H. The first kappa shape index (κ1) is 17.0. The van der Waals surface area contributed by atoms with Gasteiger partial charge in [0.1, 0.15) is 0 Å². The van der Waals surface area contributed by atoms with Crippen molar-refractivity contribution in [3.8, 4) is 0 Å². The normalized spacial score (nSPS) is 17.1. The minimum atomic E-state index is -0.0742. The van der Waals surface area contributed by atoms with Crippen molar-refractivity contribution < 1.29 is 9.53 Å². The number of benzene rings is 1. The van der Waals surface area contributed by atoms with Crippen LogP contribution in [-0.4, -0.2) is 25.7 Å². The summed E-state index contributed by atoms with van der Waals surface area (Å²) in [7, 11) is 0. The summed E-state index contributed by atoms with van der Waals surface area (Å²) in [6.07, 6.45) is 2.78. The highest BCUT2D eigenvalue weighted by Crippen LogP contribution is 2.34. The molecule has 2 rings (SSSR count). The van der Waals surface area contributed by atoms with Crippen LogP contribution < -0.4 is 5.32 Å². The Kier molecular flexibility index (Phi) is 7.63. The molecule has 1 atom stereocenters. The van der Waals surface area contributed by atoms with E-state index in [2.05, 4.69) is 29.6 Å². The Bertz CT molecular complexity index is 391. The van der Waals surface area contributed by atoms with Crippen molar-refractivity contribution in [2.45, 2.75) is 32.1 Å². The summed E-state index contributed by atoms with van der Waals surface area (Å²) in [6.45, 7) is 4.43. The van der Waals surface area contributed by atoms with Gasteiger partial charge in [-0.15, -0.1) is 12.4 Å². The van der Waals surface area contributed by atoms with Crippen LogP contribution in [0.2, 0.25) is 0 Å². The van der Waals surface area contributed by atoms with Crippen molar-refractivity contribution in [2.75, 3.05) is 19.7 Å². The third-order valence-corrected chi connectivity index (χ3v) is 3.87. The third-order valence-electron chi connectivity index (χ3n) is 3.87. The number of hydrogen-bond donors (Lipinski definition) is 1. The Hall–Kier alpha value is -1.06. The van der Waals surface area contributed by atoms with E-state index in [-0.39, 0.29) is 18.4 Å². The van der Waals surface area contributed by atoms with Crippen molar-refractivity contribution in [3.63, 3.8) is 0 Å². The fourth-order valence-corrected chi connectivity index (χ4v) is 2.90. The largest absolute Gasteiger partial charge is 0.466 e. The topological polar surface area (TPSA) is 38.3 Å². The summed E-state index contributed by atoms with van der Waals surface area (Å²) < 4.78 is 5.13. The maximum atomic E-state index is 11.8. The number of esters is 1. The van der Waals surface area contributed by atoms with Crippen molar-refractivity contribution >= 4 is 18.4 Å². The lowest BCUT2D eigenvalue weighted by Gasteiger charge is -2.30. The van der Waals surface area contributed by atoms with E-state index < -0.39 is 0 Å². The van der Waals surface area contributed by atoms with Crippen LogP contribution in [0.4, 0.5) is 0 Å². The van der Waals surface area contributed by atoms with E-state index in [0.29, 0.717) is 24.9 Å². The highest BCUT2D eigenvalue weighted by atomic mass is 35.5. The molecule has 1 unspecified atom stereocenters. The smallest absolute Gasteiger partial charge is 0.306 e. The summed E-state index contributed by atoms with van der Waals surface area (Å²) in [5.74, 6) is 0.797. The molecule has 0 amide bonds. The zero-order valence-corrected chi connectivity index (χ0v) is 12.8. The molecule has 0 bridgehead atoms. The lowest BCUT2D eigenvalue weighted by Crippen LogP contribution is -2.31. The predicted octanol–water partition coefficient (Wildman–Crippen LogP) is 3.14. The highest BCUT2D eigenvalue weighted by Gasteiger charge is 2.27. The molecule has 112 valence electrons. The van der Waals surface area contributed by atoms with Crippen LogP contribution in [-0.2, 0) is 9.53 Å². The number of rotatable bonds is 5. The Labute approximate surface area is 127 Å². The van der Waals surface area contributed by atoms with Crippen LogP contribution in [0.5, 0.6) is 0 Å². The number of carbonyl (C=O) groups excluding carboxylic acids is 1. The van der Waals surface area contributed by atoms with E-state index in [4.69, 9.17) is 4.74 Å². The average Bonchev–Trinajstić information content (AvgIpc) is 2.47. The maximum absolute atomic E-state index is 11.8. The van der Waals surface area contributed by atoms with Gasteiger partial charge in [0.2, 0.25) is 0 Å². The molecule has 3 nitrogen and oxygen atoms in total. The predicted molar refractivity (Wildman–Crippen MR) is 83.3 cm³/mol. The van der Waals surface area contributed by atoms with E-state index in [1.807, 2.05) is 13.0 Å². The van der Waals surface area contributed by atoms with Gasteiger partial charge in [-0.25, -0.2) is 0 Å². The average molecular weight is 298 g/mol. The Balaban J connectivity index is 0.00000200. The van der Waals surface area contributed by atoms with Gasteiger partial charge in [0.05, 0.1) is 13.0 Å². The van der Waals surface area contributed by atoms with E-state index in [1.54, 1.807) is 0 Å². The molecule has 1 aromatic carbocycles. The summed E-state index contributed by atoms with van der Waals surface area (Å²) in [6, 6.07) is 10.4. The van der Waals surface area contributed by atoms with Crippen LogP contribution in [0.25, 0.3) is 0 Å². The Morgan fingerprint density at radius 3 is 2.55 bits per heavy atom. The molecule has 1 aliphatic rings. The van der Waals surface area contributed by atoms with Gasteiger partial charge in [-0.1, -0.05) is 30.3 Å². The number of halogens is 1. The quantitative estimate of drug-likeness (QED) is 0.849. The molecule has 1 saturated heterocycles. The lowest BCUT2D eigenvalue weighted by atomic mass is 9.78. The van der Waals surface area contributed by atoms with Crippen molar-refractivity contribution in [1.29, 1.82) is 0 Å². The first-order valence-corrected chi connectivity index (χ1v) is 7.22. The molecule has 0 radical (unpaired) electrons. The second-order valence-corrected chi connectivity index (χ2v) is 5.11. The SMILES string of the molecule is CCOC(=O)CC(c1ccccc1)C1CCNCC1.Cl. The molecule has 4 heteroatoms. The molecule has 1 heterocycles. The monoisotopic (exact) mass is 297 g/mol. The van der Waals surface area contributed by atoms with Gasteiger partial charge in [-0.05, 0) is 50.3 Å². The van der Waals surface area contributed by atoms with Gasteiger partial charge in [0, 0.05) is 0 Å². The van der Waals surface area contributed by atoms with Gasteiger partial charge in [0.15, 0.2) is 0 Å². The zero-order valence-electron chi connectivity index (χ0n) is 12.0. The van der Waals surface area contributed by atoms with E-state index in [1.165, 1.54) is 5.56 Å². The molecule has 1 aliphatic heterocycles. The number of nitrogens with one attached hydrogen (secondary N) is 1. The lowest BCUT2D eigenvalue weighted by molar-refractivity contribution is -0.143. The highest BCUT2D eigenvalue weighted by molar-refractivity contribution is 5.85. The molecule has 1 N–H and O–H groups in total. The molecule has 0 aromatic heterocycles. The summed E-state index contributed by atoms with van der Waals surface area (Å²) in [5, 5.41) is 3.38. The van der Waals surface area contributed by atoms with Gasteiger partial charge >= 0.3 is 5.97 Å². The minimum Gasteiger partial charge on any atom is -0.466 e. The Morgan fingerprint density at radius 2 is 1.95 bits per heavy atom. The molecule has 0 aliphatic carbocycles. The van der Waals surface area contributed by atoms with Gasteiger partial charge in [0.25, 0.3) is 0 Å². The third kappa shape index (κ3) is 4.80. The van der Waals surface area contributed by atoms with Crippen molar-refractivity contribution in [2.24, 2.45) is 5.92 Å². The van der Waals surface area contributed by atoms with Crippen LogP contribution >= 0.6 is 12.4 Å². The summed E-state index contributed by atoms with van der Waals surface area (Å²) in [5.41, 5.74) is 1.27. The Morgan fingerprint density at radius 1 is 1.30 bits per heavy atom. The second kappa shape index (κ2) is 8.98. The van der Waals surface area contributed by atoms with Gasteiger partial charge in [-0.2, -0.15) is 0 Å². The number of ether oxygens (including phenoxy) is 1. The van der Waals surface area contributed by atoms with Crippen molar-refractivity contribution in [1.82, 2.24) is 5.32 Å². The zero-order chi connectivity index (χ0) is 13.5. The first-order chi connectivity index (χ1) is 9.31. The number of piperidine rings is 1. The van der Waals surface area contributed by atoms with Crippen molar-refractivity contribution in [3.05, 3.63) is 35.9 Å². The van der Waals surface area contributed by atoms with Crippen LogP contribution in [0.15, 0.2) is 30.3 Å². The van der Waals surface area contributed by atoms with Crippen LogP contribution in [0.1, 0.15) is 37.7 Å². The first-order valence-electron chi connectivity index (χ1n) is 7.22. The van der Waals surface area contributed by atoms with Crippen LogP contribution in [0.3, 0.4) is 0 Å². The van der Waals surface area contributed by atoms with E-state index in [0.717, 1.165) is 25.9 Å². The number of carbonyl (C=O) groups is 1. The molecule has 0 spiro atoms. The molecule has 1 aromatic rings. The number of hydrogen-bond acceptors (Lipinski definition) is 3. The summed E-state index contributed by atoms with van der Waals surface area (Å²) in [4.78, 5) is 11.8. The van der Waals surface area contributed by atoms with E-state index >= 15 is 0 Å². The molecule has 0 saturated carbocycles. The molecule has 1 fully saturated rings. The van der Waals surface area contributed by atoms with Gasteiger partial charge in [-0.3, -0.25) is 4.79 Å². The van der Waals surface area contributed by atoms with E-state index in [9.17, 15) is 4.79 Å². The fourth-order valence-electron chi connectivity index (χ4n) is 2.90. The minimum absolute atomic E-state index is 0. The molecule has 20 heavy (non-hydrogen) atoms. The second-order valence-electron chi connectivity index (χ2n) is 5.11. The molecular weight excluding hydrogens is 274 g/mol.